The molecule has 0 saturated carbocycles. The van der Waals surface area contributed by atoms with Crippen LogP contribution in [-0.2, 0) is 16.1 Å². The Kier molecular flexibility index (Phi) is 5.62. The molecule has 1 fully saturated rings. The Balaban J connectivity index is 1.46. The lowest BCUT2D eigenvalue weighted by atomic mass is 9.90. The highest BCUT2D eigenvalue weighted by atomic mass is 35.5. The average molecular weight is 386 g/mol. The zero-order valence-corrected chi connectivity index (χ0v) is 16.0. The van der Waals surface area contributed by atoms with Gasteiger partial charge in [-0.1, -0.05) is 35.9 Å². The Morgan fingerprint density at radius 2 is 1.96 bits per heavy atom. The Morgan fingerprint density at radius 3 is 2.81 bits per heavy atom. The van der Waals surface area contributed by atoms with E-state index >= 15 is 0 Å². The number of rotatable bonds is 5. The summed E-state index contributed by atoms with van der Waals surface area (Å²) in [5.41, 5.74) is 4.39. The van der Waals surface area contributed by atoms with Gasteiger partial charge in [0, 0.05) is 60.5 Å². The molecule has 1 saturated heterocycles. The standard InChI is InChI=1S/C21H24ClN3O2/c22-18-5-3-7-20(25-8-10-27-11-9-25)17(18)14-23-13-15-12-21(26)24-19-6-2-1-4-16(15)19/h1-7,15,23H,8-14H2,(H,24,26). The van der Waals surface area contributed by atoms with Crippen LogP contribution in [0, 0.1) is 0 Å². The van der Waals surface area contributed by atoms with Crippen molar-refractivity contribution in [1.82, 2.24) is 5.32 Å². The van der Waals surface area contributed by atoms with Gasteiger partial charge in [0.2, 0.25) is 5.91 Å². The van der Waals surface area contributed by atoms with Gasteiger partial charge in [0.05, 0.1) is 13.2 Å². The van der Waals surface area contributed by atoms with E-state index in [4.69, 9.17) is 16.3 Å². The second-order valence-electron chi connectivity index (χ2n) is 7.00. The highest BCUT2D eigenvalue weighted by Crippen LogP contribution is 2.32. The fraction of sp³-hybridized carbons (Fsp3) is 0.381. The number of fused-ring (bicyclic) bond motifs is 1. The number of nitrogens with zero attached hydrogens (tertiary/aromatic N) is 1. The van der Waals surface area contributed by atoms with E-state index in [2.05, 4.69) is 27.7 Å². The van der Waals surface area contributed by atoms with Crippen molar-refractivity contribution in [2.75, 3.05) is 43.1 Å². The molecule has 0 aliphatic carbocycles. The molecule has 1 unspecified atom stereocenters. The highest BCUT2D eigenvalue weighted by Gasteiger charge is 2.24. The lowest BCUT2D eigenvalue weighted by Crippen LogP contribution is -2.37. The zero-order valence-electron chi connectivity index (χ0n) is 15.2. The van der Waals surface area contributed by atoms with Crippen LogP contribution in [0.2, 0.25) is 5.02 Å². The Labute approximate surface area is 164 Å². The average Bonchev–Trinajstić information content (AvgIpc) is 2.69. The van der Waals surface area contributed by atoms with Crippen molar-refractivity contribution in [3.63, 3.8) is 0 Å². The van der Waals surface area contributed by atoms with E-state index in [0.29, 0.717) is 13.0 Å². The number of halogens is 1. The minimum absolute atomic E-state index is 0.0762. The number of carbonyl (C=O) groups is 1. The highest BCUT2D eigenvalue weighted by molar-refractivity contribution is 6.31. The largest absolute Gasteiger partial charge is 0.378 e. The number of anilines is 2. The quantitative estimate of drug-likeness (QED) is 0.828. The maximum atomic E-state index is 12.0. The molecule has 0 aromatic heterocycles. The van der Waals surface area contributed by atoms with E-state index in [1.54, 1.807) is 0 Å². The summed E-state index contributed by atoms with van der Waals surface area (Å²) in [4.78, 5) is 14.3. The van der Waals surface area contributed by atoms with Crippen molar-refractivity contribution < 1.29 is 9.53 Å². The van der Waals surface area contributed by atoms with Gasteiger partial charge in [-0.15, -0.1) is 0 Å². The number of hydrogen-bond acceptors (Lipinski definition) is 4. The summed E-state index contributed by atoms with van der Waals surface area (Å²) in [6.07, 6.45) is 0.503. The van der Waals surface area contributed by atoms with Crippen LogP contribution in [0.25, 0.3) is 0 Å². The number of morpholine rings is 1. The van der Waals surface area contributed by atoms with Crippen molar-refractivity contribution >= 4 is 28.9 Å². The molecule has 5 nitrogen and oxygen atoms in total. The maximum absolute atomic E-state index is 12.0. The van der Waals surface area contributed by atoms with E-state index in [-0.39, 0.29) is 11.8 Å². The molecule has 1 amide bonds. The second kappa shape index (κ2) is 8.30. The topological polar surface area (TPSA) is 53.6 Å². The van der Waals surface area contributed by atoms with Gasteiger partial charge in [-0.25, -0.2) is 0 Å². The van der Waals surface area contributed by atoms with Gasteiger partial charge < -0.3 is 20.3 Å². The summed E-state index contributed by atoms with van der Waals surface area (Å²) in [7, 11) is 0. The molecule has 6 heteroatoms. The third kappa shape index (κ3) is 4.10. The Morgan fingerprint density at radius 1 is 1.15 bits per heavy atom. The second-order valence-corrected chi connectivity index (χ2v) is 7.41. The van der Waals surface area contributed by atoms with Crippen LogP contribution in [0.4, 0.5) is 11.4 Å². The summed E-state index contributed by atoms with van der Waals surface area (Å²) < 4.78 is 5.47. The summed E-state index contributed by atoms with van der Waals surface area (Å²) >= 11 is 6.51. The molecule has 2 N–H and O–H groups in total. The molecule has 27 heavy (non-hydrogen) atoms. The number of hydrogen-bond donors (Lipinski definition) is 2. The lowest BCUT2D eigenvalue weighted by molar-refractivity contribution is -0.116. The lowest BCUT2D eigenvalue weighted by Gasteiger charge is -2.31. The molecule has 2 heterocycles. The van der Waals surface area contributed by atoms with Gasteiger partial charge in [-0.2, -0.15) is 0 Å². The monoisotopic (exact) mass is 385 g/mol. The summed E-state index contributed by atoms with van der Waals surface area (Å²) in [5, 5.41) is 7.26. The molecule has 142 valence electrons. The van der Waals surface area contributed by atoms with E-state index in [0.717, 1.165) is 49.1 Å². The number of ether oxygens (including phenoxy) is 1. The molecule has 0 radical (unpaired) electrons. The minimum atomic E-state index is 0.0762. The van der Waals surface area contributed by atoms with E-state index in [9.17, 15) is 4.79 Å². The van der Waals surface area contributed by atoms with Crippen molar-refractivity contribution in [3.8, 4) is 0 Å². The van der Waals surface area contributed by atoms with Gasteiger partial charge in [-0.3, -0.25) is 4.79 Å². The van der Waals surface area contributed by atoms with Gasteiger partial charge in [0.15, 0.2) is 0 Å². The molecule has 2 aliphatic heterocycles. The van der Waals surface area contributed by atoms with Gasteiger partial charge in [-0.05, 0) is 23.8 Å². The predicted octanol–water partition coefficient (Wildman–Crippen LogP) is 3.39. The van der Waals surface area contributed by atoms with Gasteiger partial charge in [0.1, 0.15) is 0 Å². The number of benzene rings is 2. The SMILES string of the molecule is O=C1CC(CNCc2c(Cl)cccc2N2CCOCC2)c2ccccc2N1. The normalized spacial score (nSPS) is 19.5. The van der Waals surface area contributed by atoms with Crippen LogP contribution in [0.15, 0.2) is 42.5 Å². The Hall–Kier alpha value is -2.08. The van der Waals surface area contributed by atoms with Crippen molar-refractivity contribution in [1.29, 1.82) is 0 Å². The van der Waals surface area contributed by atoms with Crippen LogP contribution < -0.4 is 15.5 Å². The first kappa shape index (κ1) is 18.3. The van der Waals surface area contributed by atoms with Crippen LogP contribution in [-0.4, -0.2) is 38.8 Å². The van der Waals surface area contributed by atoms with Crippen molar-refractivity contribution in [2.24, 2.45) is 0 Å². The Bertz CT molecular complexity index is 821. The van der Waals surface area contributed by atoms with Crippen LogP contribution in [0.1, 0.15) is 23.5 Å². The third-order valence-corrected chi connectivity index (χ3v) is 5.60. The third-order valence-electron chi connectivity index (χ3n) is 5.24. The van der Waals surface area contributed by atoms with E-state index < -0.39 is 0 Å². The minimum Gasteiger partial charge on any atom is -0.378 e. The van der Waals surface area contributed by atoms with Crippen LogP contribution >= 0.6 is 11.6 Å². The number of nitrogens with one attached hydrogen (secondary N) is 2. The number of carbonyl (C=O) groups excluding carboxylic acids is 1. The summed E-state index contributed by atoms with van der Waals surface area (Å²) in [5.74, 6) is 0.247. The van der Waals surface area contributed by atoms with E-state index in [1.165, 1.54) is 11.3 Å². The fourth-order valence-electron chi connectivity index (χ4n) is 3.88. The molecule has 2 aromatic rings. The molecule has 2 aliphatic rings. The van der Waals surface area contributed by atoms with E-state index in [1.807, 2.05) is 30.3 Å². The first-order valence-corrected chi connectivity index (χ1v) is 9.80. The number of para-hydroxylation sites is 1. The molecular formula is C21H24ClN3O2. The molecule has 0 spiro atoms. The summed E-state index contributed by atoms with van der Waals surface area (Å²) in [6, 6.07) is 14.1. The smallest absolute Gasteiger partial charge is 0.225 e. The van der Waals surface area contributed by atoms with Gasteiger partial charge >= 0.3 is 0 Å². The molecule has 1 atom stereocenters. The van der Waals surface area contributed by atoms with Gasteiger partial charge in [0.25, 0.3) is 0 Å². The molecular weight excluding hydrogens is 362 g/mol. The molecule has 4 rings (SSSR count). The molecule has 2 aromatic carbocycles. The summed E-state index contributed by atoms with van der Waals surface area (Å²) in [6.45, 7) is 4.65. The van der Waals surface area contributed by atoms with Crippen molar-refractivity contribution in [2.45, 2.75) is 18.9 Å². The first-order chi connectivity index (χ1) is 13.2. The maximum Gasteiger partial charge on any atom is 0.225 e. The first-order valence-electron chi connectivity index (χ1n) is 9.42. The molecule has 0 bridgehead atoms. The van der Waals surface area contributed by atoms with Crippen LogP contribution in [0.5, 0.6) is 0 Å². The fourth-order valence-corrected chi connectivity index (χ4v) is 4.11. The van der Waals surface area contributed by atoms with Crippen LogP contribution in [0.3, 0.4) is 0 Å². The predicted molar refractivity (Wildman–Crippen MR) is 109 cm³/mol. The number of amides is 1. The van der Waals surface area contributed by atoms with Crippen molar-refractivity contribution in [3.05, 3.63) is 58.6 Å². The zero-order chi connectivity index (χ0) is 18.6.